The zero-order chi connectivity index (χ0) is 17.1. The Balaban J connectivity index is 1.97. The average molecular weight is 318 g/mol. The summed E-state index contributed by atoms with van der Waals surface area (Å²) in [5.41, 5.74) is 3.64. The van der Waals surface area contributed by atoms with E-state index in [-0.39, 0.29) is 17.9 Å². The average Bonchev–Trinajstić information content (AvgIpc) is 2.50. The first-order valence-electron chi connectivity index (χ1n) is 8.01. The standard InChI is InChI=1S/C17H26N4O2/c1-11-10-12(2)18-13(3)15(11)19-16(22)14-6-8-21(9-7-14)17(23)20(4)5/h10,14H,6-9H2,1-5H3,(H,19,22). The number of likely N-dealkylation sites (tertiary alicyclic amines) is 1. The Hall–Kier alpha value is -2.11. The topological polar surface area (TPSA) is 65.5 Å². The first-order chi connectivity index (χ1) is 10.8. The van der Waals surface area contributed by atoms with Crippen molar-refractivity contribution in [3.05, 3.63) is 23.0 Å². The third kappa shape index (κ3) is 4.00. The Kier molecular flexibility index (Phi) is 5.23. The number of piperidine rings is 1. The van der Waals surface area contributed by atoms with Crippen molar-refractivity contribution in [3.8, 4) is 0 Å². The number of pyridine rings is 1. The highest BCUT2D eigenvalue weighted by Crippen LogP contribution is 2.23. The molecule has 1 aromatic rings. The summed E-state index contributed by atoms with van der Waals surface area (Å²) in [4.78, 5) is 32.2. The van der Waals surface area contributed by atoms with E-state index >= 15 is 0 Å². The summed E-state index contributed by atoms with van der Waals surface area (Å²) in [7, 11) is 3.49. The number of rotatable bonds is 2. The van der Waals surface area contributed by atoms with E-state index in [0.29, 0.717) is 25.9 Å². The number of hydrogen-bond donors (Lipinski definition) is 1. The Labute approximate surface area is 137 Å². The van der Waals surface area contributed by atoms with E-state index in [9.17, 15) is 9.59 Å². The monoisotopic (exact) mass is 318 g/mol. The van der Waals surface area contributed by atoms with Crippen LogP contribution in [0.25, 0.3) is 0 Å². The molecule has 0 spiro atoms. The van der Waals surface area contributed by atoms with Crippen molar-refractivity contribution < 1.29 is 9.59 Å². The van der Waals surface area contributed by atoms with Crippen LogP contribution in [0, 0.1) is 26.7 Å². The second-order valence-corrected chi connectivity index (χ2v) is 6.47. The van der Waals surface area contributed by atoms with Crippen LogP contribution in [0.4, 0.5) is 10.5 Å². The predicted molar refractivity (Wildman–Crippen MR) is 90.5 cm³/mol. The van der Waals surface area contributed by atoms with Gasteiger partial charge in [-0.3, -0.25) is 9.78 Å². The van der Waals surface area contributed by atoms with Gasteiger partial charge in [0.2, 0.25) is 5.91 Å². The minimum Gasteiger partial charge on any atom is -0.331 e. The molecule has 6 nitrogen and oxygen atoms in total. The molecule has 6 heteroatoms. The van der Waals surface area contributed by atoms with Crippen molar-refractivity contribution in [1.82, 2.24) is 14.8 Å². The fourth-order valence-electron chi connectivity index (χ4n) is 3.05. The fraction of sp³-hybridized carbons (Fsp3) is 0.588. The Morgan fingerprint density at radius 1 is 1.22 bits per heavy atom. The molecule has 1 fully saturated rings. The van der Waals surface area contributed by atoms with Gasteiger partial charge in [0.1, 0.15) is 0 Å². The summed E-state index contributed by atoms with van der Waals surface area (Å²) in [5.74, 6) is -0.0277. The molecular weight excluding hydrogens is 292 g/mol. The Morgan fingerprint density at radius 3 is 2.35 bits per heavy atom. The lowest BCUT2D eigenvalue weighted by molar-refractivity contribution is -0.121. The predicted octanol–water partition coefficient (Wildman–Crippen LogP) is 2.34. The van der Waals surface area contributed by atoms with Crippen LogP contribution in [-0.4, -0.2) is 53.9 Å². The molecule has 23 heavy (non-hydrogen) atoms. The van der Waals surface area contributed by atoms with Gasteiger partial charge in [0, 0.05) is 38.8 Å². The van der Waals surface area contributed by atoms with Gasteiger partial charge < -0.3 is 15.1 Å². The van der Waals surface area contributed by atoms with E-state index in [2.05, 4.69) is 10.3 Å². The van der Waals surface area contributed by atoms with Gasteiger partial charge in [-0.1, -0.05) is 0 Å². The number of carbonyl (C=O) groups is 2. The number of aromatic nitrogens is 1. The molecule has 2 rings (SSSR count). The van der Waals surface area contributed by atoms with Crippen LogP contribution in [-0.2, 0) is 4.79 Å². The summed E-state index contributed by atoms with van der Waals surface area (Å²) < 4.78 is 0. The lowest BCUT2D eigenvalue weighted by Crippen LogP contribution is -2.45. The third-order valence-electron chi connectivity index (χ3n) is 4.29. The van der Waals surface area contributed by atoms with Gasteiger partial charge >= 0.3 is 6.03 Å². The number of aryl methyl sites for hydroxylation is 3. The van der Waals surface area contributed by atoms with Crippen LogP contribution in [0.1, 0.15) is 29.8 Å². The number of nitrogens with one attached hydrogen (secondary N) is 1. The maximum atomic E-state index is 12.5. The maximum absolute atomic E-state index is 12.5. The van der Waals surface area contributed by atoms with Gasteiger partial charge in [-0.15, -0.1) is 0 Å². The van der Waals surface area contributed by atoms with E-state index < -0.39 is 0 Å². The van der Waals surface area contributed by atoms with Crippen molar-refractivity contribution in [2.45, 2.75) is 33.6 Å². The number of carbonyl (C=O) groups excluding carboxylic acids is 2. The molecule has 0 aromatic carbocycles. The highest BCUT2D eigenvalue weighted by molar-refractivity contribution is 5.94. The lowest BCUT2D eigenvalue weighted by atomic mass is 9.95. The van der Waals surface area contributed by atoms with E-state index in [4.69, 9.17) is 0 Å². The number of hydrogen-bond acceptors (Lipinski definition) is 3. The SMILES string of the molecule is Cc1cc(C)c(NC(=O)C2CCN(C(=O)N(C)C)CC2)c(C)n1. The van der Waals surface area contributed by atoms with Crippen LogP contribution in [0.2, 0.25) is 0 Å². The van der Waals surface area contributed by atoms with Gasteiger partial charge in [0.05, 0.1) is 11.4 Å². The molecule has 1 aromatic heterocycles. The van der Waals surface area contributed by atoms with Crippen LogP contribution in [0.15, 0.2) is 6.07 Å². The minimum absolute atomic E-state index is 0.0123. The molecule has 0 atom stereocenters. The highest BCUT2D eigenvalue weighted by Gasteiger charge is 2.28. The minimum atomic E-state index is -0.0543. The van der Waals surface area contributed by atoms with E-state index in [0.717, 1.165) is 22.6 Å². The van der Waals surface area contributed by atoms with E-state index in [1.54, 1.807) is 23.9 Å². The zero-order valence-electron chi connectivity index (χ0n) is 14.6. The highest BCUT2D eigenvalue weighted by atomic mass is 16.2. The Bertz CT molecular complexity index is 582. The zero-order valence-corrected chi connectivity index (χ0v) is 14.6. The molecule has 3 amide bonds. The quantitative estimate of drug-likeness (QED) is 0.910. The first kappa shape index (κ1) is 17.2. The second kappa shape index (κ2) is 6.98. The van der Waals surface area contributed by atoms with Crippen molar-refractivity contribution in [2.75, 3.05) is 32.5 Å². The molecule has 0 unspecified atom stereocenters. The van der Waals surface area contributed by atoms with Crippen molar-refractivity contribution in [2.24, 2.45) is 5.92 Å². The molecule has 2 heterocycles. The van der Waals surface area contributed by atoms with Crippen LogP contribution in [0.5, 0.6) is 0 Å². The summed E-state index contributed by atoms with van der Waals surface area (Å²) in [6.07, 6.45) is 1.39. The van der Waals surface area contributed by atoms with E-state index in [1.807, 2.05) is 26.8 Å². The van der Waals surface area contributed by atoms with Gasteiger partial charge in [-0.25, -0.2) is 4.79 Å². The summed E-state index contributed by atoms with van der Waals surface area (Å²) in [6.45, 7) is 7.09. The lowest BCUT2D eigenvalue weighted by Gasteiger charge is -2.33. The molecule has 126 valence electrons. The number of nitrogens with zero attached hydrogens (tertiary/aromatic N) is 3. The van der Waals surface area contributed by atoms with Gasteiger partial charge in [-0.05, 0) is 45.2 Å². The van der Waals surface area contributed by atoms with Gasteiger partial charge in [-0.2, -0.15) is 0 Å². The van der Waals surface area contributed by atoms with Gasteiger partial charge in [0.15, 0.2) is 0 Å². The largest absolute Gasteiger partial charge is 0.331 e. The summed E-state index contributed by atoms with van der Waals surface area (Å²) in [6, 6.07) is 1.99. The third-order valence-corrected chi connectivity index (χ3v) is 4.29. The fourth-order valence-corrected chi connectivity index (χ4v) is 3.05. The molecule has 1 aliphatic rings. The van der Waals surface area contributed by atoms with Crippen LogP contribution < -0.4 is 5.32 Å². The molecule has 0 radical (unpaired) electrons. The number of amides is 3. The molecule has 0 saturated carbocycles. The van der Waals surface area contributed by atoms with E-state index in [1.165, 1.54) is 0 Å². The van der Waals surface area contributed by atoms with Crippen molar-refractivity contribution in [3.63, 3.8) is 0 Å². The Morgan fingerprint density at radius 2 is 1.83 bits per heavy atom. The normalized spacial score (nSPS) is 15.4. The maximum Gasteiger partial charge on any atom is 0.319 e. The first-order valence-corrected chi connectivity index (χ1v) is 8.01. The second-order valence-electron chi connectivity index (χ2n) is 6.47. The molecule has 1 aliphatic heterocycles. The van der Waals surface area contributed by atoms with Crippen molar-refractivity contribution in [1.29, 1.82) is 0 Å². The molecule has 1 saturated heterocycles. The summed E-state index contributed by atoms with van der Waals surface area (Å²) >= 11 is 0. The van der Waals surface area contributed by atoms with Gasteiger partial charge in [0.25, 0.3) is 0 Å². The molecule has 0 aliphatic carbocycles. The molecule has 0 bridgehead atoms. The smallest absolute Gasteiger partial charge is 0.319 e. The van der Waals surface area contributed by atoms with Crippen LogP contribution in [0.3, 0.4) is 0 Å². The van der Waals surface area contributed by atoms with Crippen LogP contribution >= 0.6 is 0 Å². The summed E-state index contributed by atoms with van der Waals surface area (Å²) in [5, 5.41) is 3.03. The number of urea groups is 1. The van der Waals surface area contributed by atoms with Crippen molar-refractivity contribution >= 4 is 17.6 Å². The molecule has 1 N–H and O–H groups in total. The molecular formula is C17H26N4O2. The number of anilines is 1.